The minimum absolute atomic E-state index is 0.154. The van der Waals surface area contributed by atoms with Crippen molar-refractivity contribution in [2.45, 2.75) is 50.7 Å². The van der Waals surface area contributed by atoms with Crippen molar-refractivity contribution in [2.75, 3.05) is 26.8 Å². The molecule has 2 saturated heterocycles. The molecule has 218 valence electrons. The number of benzene rings is 3. The normalized spacial score (nSPS) is 20.5. The summed E-state index contributed by atoms with van der Waals surface area (Å²) >= 11 is 5.93. The average molecular weight is 592 g/mol. The fourth-order valence-corrected chi connectivity index (χ4v) is 6.27. The van der Waals surface area contributed by atoms with E-state index >= 15 is 0 Å². The summed E-state index contributed by atoms with van der Waals surface area (Å²) in [5.41, 5.74) is 3.70. The smallest absolute Gasteiger partial charge is 0.337 e. The van der Waals surface area contributed by atoms with Gasteiger partial charge in [-0.15, -0.1) is 0 Å². The van der Waals surface area contributed by atoms with Crippen LogP contribution in [0.15, 0.2) is 54.6 Å². The number of likely N-dealkylation sites (tertiary alicyclic amines) is 1. The lowest BCUT2D eigenvalue weighted by Crippen LogP contribution is -2.35. The van der Waals surface area contributed by atoms with Crippen molar-refractivity contribution in [1.82, 2.24) is 14.5 Å². The molecule has 4 aromatic rings. The molecule has 0 amide bonds. The number of carbonyl (C=O) groups excluding carboxylic acids is 1. The number of para-hydroxylation sites is 1. The molecule has 2 fully saturated rings. The molecule has 0 aliphatic carbocycles. The van der Waals surface area contributed by atoms with Crippen LogP contribution in [0.5, 0.6) is 11.5 Å². The number of hydrogen-bond donors (Lipinski definition) is 0. The Morgan fingerprint density at radius 2 is 1.90 bits per heavy atom. The Morgan fingerprint density at radius 3 is 2.64 bits per heavy atom. The van der Waals surface area contributed by atoms with E-state index in [0.717, 1.165) is 61.4 Å². The van der Waals surface area contributed by atoms with Crippen molar-refractivity contribution in [2.24, 2.45) is 0 Å². The van der Waals surface area contributed by atoms with Gasteiger partial charge in [-0.05, 0) is 80.7 Å². The Morgan fingerprint density at radius 1 is 1.07 bits per heavy atom. The van der Waals surface area contributed by atoms with Crippen LogP contribution in [-0.4, -0.2) is 53.3 Å². The molecule has 0 radical (unpaired) electrons. The van der Waals surface area contributed by atoms with Crippen molar-refractivity contribution in [1.29, 1.82) is 0 Å². The lowest BCUT2D eigenvalue weighted by Gasteiger charge is -2.33. The number of imidazole rings is 1. The first kappa shape index (κ1) is 27.2. The van der Waals surface area contributed by atoms with Gasteiger partial charge >= 0.3 is 5.97 Å². The Kier molecular flexibility index (Phi) is 7.25. The third kappa shape index (κ3) is 5.10. The summed E-state index contributed by atoms with van der Waals surface area (Å²) in [5, 5.41) is 0.331. The topological polar surface area (TPSA) is 75.0 Å². The maximum Gasteiger partial charge on any atom is 0.337 e. The highest BCUT2D eigenvalue weighted by atomic mass is 35.5. The second kappa shape index (κ2) is 11.2. The van der Waals surface area contributed by atoms with Crippen LogP contribution in [0.25, 0.3) is 11.0 Å². The number of piperidine rings is 1. The monoisotopic (exact) mass is 591 g/mol. The van der Waals surface area contributed by atoms with Gasteiger partial charge in [0.25, 0.3) is 6.29 Å². The number of nitrogens with zero attached hydrogens (tertiary/aromatic N) is 3. The first-order chi connectivity index (χ1) is 20.5. The second-order valence-corrected chi connectivity index (χ2v) is 11.5. The lowest BCUT2D eigenvalue weighted by molar-refractivity contribution is -0.0592. The van der Waals surface area contributed by atoms with Crippen molar-refractivity contribution in [3.8, 4) is 11.5 Å². The van der Waals surface area contributed by atoms with Gasteiger partial charge in [-0.25, -0.2) is 14.2 Å². The molecule has 2 atom stereocenters. The van der Waals surface area contributed by atoms with Gasteiger partial charge in [0, 0.05) is 17.2 Å². The van der Waals surface area contributed by atoms with Gasteiger partial charge < -0.3 is 23.5 Å². The van der Waals surface area contributed by atoms with E-state index in [2.05, 4.69) is 15.5 Å². The van der Waals surface area contributed by atoms with E-state index < -0.39 is 12.1 Å². The van der Waals surface area contributed by atoms with Gasteiger partial charge in [0.2, 0.25) is 0 Å². The number of ether oxygens (including phenoxy) is 4. The zero-order valence-corrected chi connectivity index (χ0v) is 24.0. The van der Waals surface area contributed by atoms with Crippen molar-refractivity contribution in [3.05, 3.63) is 88.0 Å². The predicted molar refractivity (Wildman–Crippen MR) is 155 cm³/mol. The molecule has 0 bridgehead atoms. The SMILES string of the molecule is COC(=O)c1ccc2nc(CN3CCC(c4cccc5c4OC(c4ccc(Cl)cc4F)O5)CC3)n(CC3CCO3)c2c1. The number of carbonyl (C=O) groups is 1. The van der Waals surface area contributed by atoms with E-state index in [0.29, 0.717) is 46.7 Å². The third-order valence-electron chi connectivity index (χ3n) is 8.51. The van der Waals surface area contributed by atoms with E-state index in [1.165, 1.54) is 13.2 Å². The molecule has 2 unspecified atom stereocenters. The van der Waals surface area contributed by atoms with Crippen LogP contribution in [0, 0.1) is 5.82 Å². The Hall–Kier alpha value is -3.66. The molecular weight excluding hydrogens is 561 g/mol. The molecule has 42 heavy (non-hydrogen) atoms. The van der Waals surface area contributed by atoms with Crippen LogP contribution in [-0.2, 0) is 22.6 Å². The zero-order valence-electron chi connectivity index (χ0n) is 23.2. The molecule has 10 heteroatoms. The average Bonchev–Trinajstić information content (AvgIpc) is 3.55. The second-order valence-electron chi connectivity index (χ2n) is 11.1. The molecule has 4 heterocycles. The van der Waals surface area contributed by atoms with Gasteiger partial charge in [-0.1, -0.05) is 23.7 Å². The van der Waals surface area contributed by atoms with Crippen LogP contribution >= 0.6 is 11.6 Å². The molecule has 8 nitrogen and oxygen atoms in total. The minimum atomic E-state index is -0.842. The van der Waals surface area contributed by atoms with E-state index in [1.54, 1.807) is 18.2 Å². The number of hydrogen-bond acceptors (Lipinski definition) is 7. The molecule has 7 rings (SSSR count). The molecule has 1 aromatic heterocycles. The van der Waals surface area contributed by atoms with Crippen LogP contribution in [0.1, 0.15) is 58.8 Å². The quantitative estimate of drug-likeness (QED) is 0.235. The summed E-state index contributed by atoms with van der Waals surface area (Å²) in [4.78, 5) is 19.6. The highest BCUT2D eigenvalue weighted by Gasteiger charge is 2.33. The van der Waals surface area contributed by atoms with E-state index in [-0.39, 0.29) is 12.1 Å². The van der Waals surface area contributed by atoms with E-state index in [9.17, 15) is 9.18 Å². The summed E-state index contributed by atoms with van der Waals surface area (Å²) in [7, 11) is 1.39. The zero-order chi connectivity index (χ0) is 28.8. The number of halogens is 2. The Balaban J connectivity index is 1.06. The van der Waals surface area contributed by atoms with Crippen LogP contribution < -0.4 is 9.47 Å². The Bertz CT molecular complexity index is 1650. The van der Waals surface area contributed by atoms with Gasteiger partial charge in [-0.3, -0.25) is 4.90 Å². The number of rotatable bonds is 7. The van der Waals surface area contributed by atoms with Crippen LogP contribution in [0.3, 0.4) is 0 Å². The Labute approximate surface area is 247 Å². The van der Waals surface area contributed by atoms with E-state index in [4.69, 9.17) is 35.5 Å². The van der Waals surface area contributed by atoms with Crippen molar-refractivity contribution >= 4 is 28.6 Å². The summed E-state index contributed by atoms with van der Waals surface area (Å²) in [6.45, 7) is 3.96. The molecule has 3 aromatic carbocycles. The van der Waals surface area contributed by atoms with E-state index in [1.807, 2.05) is 24.3 Å². The molecule has 0 N–H and O–H groups in total. The number of esters is 1. The third-order valence-corrected chi connectivity index (χ3v) is 8.74. The molecule has 0 spiro atoms. The van der Waals surface area contributed by atoms with Crippen molar-refractivity contribution in [3.63, 3.8) is 0 Å². The molecule has 3 aliphatic rings. The first-order valence-electron chi connectivity index (χ1n) is 14.3. The standard InChI is InChI=1S/C32H31ClFN3O5/c1-39-31(38)20-5-8-26-27(15-20)37(17-22-11-14-40-22)29(35-26)18-36-12-9-19(10-13-36)23-3-2-4-28-30(23)42-32(41-28)24-7-6-21(33)16-25(24)34/h2-8,15-16,19,22,32H,9-14,17-18H2,1H3. The van der Waals surface area contributed by atoms with Gasteiger partial charge in [0.15, 0.2) is 11.5 Å². The fraction of sp³-hybridized carbons (Fsp3) is 0.375. The summed E-state index contributed by atoms with van der Waals surface area (Å²) in [6.07, 6.45) is 2.21. The first-order valence-corrected chi connectivity index (χ1v) is 14.7. The molecule has 0 saturated carbocycles. The van der Waals surface area contributed by atoms with Crippen molar-refractivity contribution < 1.29 is 28.1 Å². The fourth-order valence-electron chi connectivity index (χ4n) is 6.12. The molecular formula is C32H31ClFN3O5. The lowest BCUT2D eigenvalue weighted by atomic mass is 9.88. The summed E-state index contributed by atoms with van der Waals surface area (Å²) < 4.78 is 39.6. The van der Waals surface area contributed by atoms with Crippen LogP contribution in [0.2, 0.25) is 5.02 Å². The number of methoxy groups -OCH3 is 1. The van der Waals surface area contributed by atoms with Gasteiger partial charge in [0.1, 0.15) is 11.6 Å². The highest BCUT2D eigenvalue weighted by molar-refractivity contribution is 6.30. The van der Waals surface area contributed by atoms with Crippen LogP contribution in [0.4, 0.5) is 4.39 Å². The molecule has 3 aliphatic heterocycles. The largest absolute Gasteiger partial charge is 0.465 e. The van der Waals surface area contributed by atoms with Gasteiger partial charge in [-0.2, -0.15) is 0 Å². The highest BCUT2D eigenvalue weighted by Crippen LogP contribution is 2.47. The number of aromatic nitrogens is 2. The van der Waals surface area contributed by atoms with Gasteiger partial charge in [0.05, 0.1) is 48.5 Å². The summed E-state index contributed by atoms with van der Waals surface area (Å²) in [5.74, 6) is 1.77. The maximum absolute atomic E-state index is 14.6. The summed E-state index contributed by atoms with van der Waals surface area (Å²) in [6, 6.07) is 15.9. The number of fused-ring (bicyclic) bond motifs is 2. The maximum atomic E-state index is 14.6. The minimum Gasteiger partial charge on any atom is -0.465 e. The predicted octanol–water partition coefficient (Wildman–Crippen LogP) is 6.25.